The molecule has 0 saturated heterocycles. The summed E-state index contributed by atoms with van der Waals surface area (Å²) in [5.74, 6) is -0.529. The summed E-state index contributed by atoms with van der Waals surface area (Å²) in [4.78, 5) is 11.5. The van der Waals surface area contributed by atoms with E-state index >= 15 is 0 Å². The molecule has 0 aromatic carbocycles. The number of hydrogen-bond acceptors (Lipinski definition) is 5. The number of carbonyl (C=O) groups excluding carboxylic acids is 1. The number of methoxy groups -OCH3 is 3. The van der Waals surface area contributed by atoms with Gasteiger partial charge in [-0.3, -0.25) is 4.79 Å². The van der Waals surface area contributed by atoms with Crippen molar-refractivity contribution in [1.29, 1.82) is 5.26 Å². The molecule has 86 valence electrons. The highest BCUT2D eigenvalue weighted by atomic mass is 16.5. The zero-order valence-electron chi connectivity index (χ0n) is 9.41. The molecule has 0 atom stereocenters. The minimum absolute atomic E-state index is 0.316. The van der Waals surface area contributed by atoms with Gasteiger partial charge in [-0.15, -0.1) is 0 Å². The first-order valence-corrected chi connectivity index (χ1v) is 4.64. The number of ether oxygens (including phenoxy) is 3. The number of hydrogen-bond donors (Lipinski definition) is 0. The van der Waals surface area contributed by atoms with Crippen molar-refractivity contribution < 1.29 is 19.0 Å². The fourth-order valence-corrected chi connectivity index (χ4v) is 1.23. The zero-order chi connectivity index (χ0) is 11.7. The van der Waals surface area contributed by atoms with Crippen LogP contribution in [0.15, 0.2) is 0 Å². The van der Waals surface area contributed by atoms with Gasteiger partial charge in [0.25, 0.3) is 0 Å². The smallest absolute Gasteiger partial charge is 0.326 e. The van der Waals surface area contributed by atoms with Gasteiger partial charge in [-0.05, 0) is 0 Å². The van der Waals surface area contributed by atoms with Gasteiger partial charge in [0.1, 0.15) is 0 Å². The van der Waals surface area contributed by atoms with Crippen LogP contribution in [0.5, 0.6) is 0 Å². The average Bonchev–Trinajstić information content (AvgIpc) is 2.29. The lowest BCUT2D eigenvalue weighted by Gasteiger charge is -2.22. The summed E-state index contributed by atoms with van der Waals surface area (Å²) in [5.41, 5.74) is -1.15. The third-order valence-corrected chi connectivity index (χ3v) is 2.26. The molecular formula is C10H17NO4. The third-order valence-electron chi connectivity index (χ3n) is 2.26. The van der Waals surface area contributed by atoms with Gasteiger partial charge in [0.2, 0.25) is 0 Å². The van der Waals surface area contributed by atoms with Gasteiger partial charge in [-0.25, -0.2) is 0 Å². The highest BCUT2D eigenvalue weighted by Gasteiger charge is 2.39. The zero-order valence-corrected chi connectivity index (χ0v) is 9.41. The van der Waals surface area contributed by atoms with Crippen LogP contribution >= 0.6 is 0 Å². The molecule has 0 bridgehead atoms. The van der Waals surface area contributed by atoms with E-state index in [1.807, 2.05) is 6.07 Å². The van der Waals surface area contributed by atoms with E-state index in [1.165, 1.54) is 21.3 Å². The molecule has 0 spiro atoms. The quantitative estimate of drug-likeness (QED) is 0.586. The van der Waals surface area contributed by atoms with Gasteiger partial charge >= 0.3 is 5.97 Å². The molecule has 5 nitrogen and oxygen atoms in total. The van der Waals surface area contributed by atoms with Crippen molar-refractivity contribution in [1.82, 2.24) is 0 Å². The Balaban J connectivity index is 4.61. The molecule has 0 rings (SSSR count). The topological polar surface area (TPSA) is 68.5 Å². The van der Waals surface area contributed by atoms with Crippen LogP contribution in [-0.4, -0.2) is 40.5 Å². The van der Waals surface area contributed by atoms with Crippen molar-refractivity contribution in [2.75, 3.05) is 34.5 Å². The minimum atomic E-state index is -1.15. The first-order chi connectivity index (χ1) is 7.16. The molecule has 5 heteroatoms. The molecule has 0 N–H and O–H groups in total. The predicted molar refractivity (Wildman–Crippen MR) is 53.0 cm³/mol. The van der Waals surface area contributed by atoms with Crippen molar-refractivity contribution in [3.8, 4) is 6.07 Å². The molecule has 0 heterocycles. The number of nitrogens with zero attached hydrogens (tertiary/aromatic N) is 1. The third kappa shape index (κ3) is 3.86. The second kappa shape index (κ2) is 7.21. The van der Waals surface area contributed by atoms with E-state index in [9.17, 15) is 4.79 Å². The maximum Gasteiger partial charge on any atom is 0.326 e. The van der Waals surface area contributed by atoms with E-state index in [4.69, 9.17) is 14.7 Å². The number of rotatable bonds is 7. The second-order valence-corrected chi connectivity index (χ2v) is 3.17. The van der Waals surface area contributed by atoms with Gasteiger partial charge in [0.05, 0.1) is 13.2 Å². The minimum Gasteiger partial charge on any atom is -0.468 e. The largest absolute Gasteiger partial charge is 0.468 e. The Labute approximate surface area is 89.9 Å². The molecule has 0 aromatic heterocycles. The van der Waals surface area contributed by atoms with Gasteiger partial charge in [-0.2, -0.15) is 5.26 Å². The van der Waals surface area contributed by atoms with E-state index in [0.717, 1.165) is 0 Å². The fraction of sp³-hybridized carbons (Fsp3) is 0.800. The van der Waals surface area contributed by atoms with Crippen molar-refractivity contribution in [2.45, 2.75) is 12.8 Å². The summed E-state index contributed by atoms with van der Waals surface area (Å²) < 4.78 is 14.4. The Morgan fingerprint density at radius 1 is 1.20 bits per heavy atom. The summed E-state index contributed by atoms with van der Waals surface area (Å²) in [6.07, 6.45) is 0.631. The first kappa shape index (κ1) is 13.9. The van der Waals surface area contributed by atoms with Crippen LogP contribution < -0.4 is 0 Å². The van der Waals surface area contributed by atoms with E-state index in [0.29, 0.717) is 26.1 Å². The SMILES string of the molecule is COCCC(C#N)(CCOC)C(=O)OC. The number of esters is 1. The van der Waals surface area contributed by atoms with Crippen molar-refractivity contribution in [2.24, 2.45) is 5.41 Å². The molecule has 0 radical (unpaired) electrons. The van der Waals surface area contributed by atoms with Gasteiger partial charge in [0, 0.05) is 40.3 Å². The van der Waals surface area contributed by atoms with Crippen LogP contribution in [0.2, 0.25) is 0 Å². The van der Waals surface area contributed by atoms with Crippen LogP contribution in [0.3, 0.4) is 0 Å². The van der Waals surface area contributed by atoms with E-state index < -0.39 is 11.4 Å². The molecular weight excluding hydrogens is 198 g/mol. The molecule has 0 aliphatic heterocycles. The van der Waals surface area contributed by atoms with Gasteiger partial charge in [-0.1, -0.05) is 0 Å². The highest BCUT2D eigenvalue weighted by molar-refractivity contribution is 5.79. The summed E-state index contributed by atoms with van der Waals surface area (Å²) in [6.45, 7) is 0.679. The van der Waals surface area contributed by atoms with E-state index in [-0.39, 0.29) is 0 Å². The summed E-state index contributed by atoms with van der Waals surface area (Å²) >= 11 is 0. The number of nitriles is 1. The second-order valence-electron chi connectivity index (χ2n) is 3.17. The van der Waals surface area contributed by atoms with Gasteiger partial charge in [0.15, 0.2) is 5.41 Å². The summed E-state index contributed by atoms with van der Waals surface area (Å²) in [5, 5.41) is 9.07. The standard InChI is InChI=1S/C10H17NO4/c1-13-6-4-10(8-11,5-7-14-2)9(12)15-3/h4-7H2,1-3H3. The molecule has 0 amide bonds. The lowest BCUT2D eigenvalue weighted by atomic mass is 9.83. The fourth-order valence-electron chi connectivity index (χ4n) is 1.23. The van der Waals surface area contributed by atoms with Crippen LogP contribution in [0.25, 0.3) is 0 Å². The Bertz CT molecular complexity index is 226. The van der Waals surface area contributed by atoms with Crippen molar-refractivity contribution in [3.63, 3.8) is 0 Å². The van der Waals surface area contributed by atoms with E-state index in [1.54, 1.807) is 0 Å². The average molecular weight is 215 g/mol. The molecule has 0 aliphatic carbocycles. The molecule has 0 aliphatic rings. The summed E-state index contributed by atoms with van der Waals surface area (Å²) in [6, 6.07) is 2.00. The monoisotopic (exact) mass is 215 g/mol. The molecule has 15 heavy (non-hydrogen) atoms. The van der Waals surface area contributed by atoms with Crippen molar-refractivity contribution >= 4 is 5.97 Å². The lowest BCUT2D eigenvalue weighted by molar-refractivity contribution is -0.151. The molecule has 0 fully saturated rings. The van der Waals surface area contributed by atoms with E-state index in [2.05, 4.69) is 4.74 Å². The normalized spacial score (nSPS) is 10.8. The Kier molecular flexibility index (Phi) is 6.67. The highest BCUT2D eigenvalue weighted by Crippen LogP contribution is 2.27. The lowest BCUT2D eigenvalue weighted by Crippen LogP contribution is -2.33. The van der Waals surface area contributed by atoms with Crippen LogP contribution in [0, 0.1) is 16.7 Å². The van der Waals surface area contributed by atoms with Crippen LogP contribution in [-0.2, 0) is 19.0 Å². The van der Waals surface area contributed by atoms with Gasteiger partial charge < -0.3 is 14.2 Å². The maximum absolute atomic E-state index is 11.5. The predicted octanol–water partition coefficient (Wildman–Crippen LogP) is 0.742. The molecule has 0 aromatic rings. The van der Waals surface area contributed by atoms with Crippen LogP contribution in [0.1, 0.15) is 12.8 Å². The van der Waals surface area contributed by atoms with Crippen molar-refractivity contribution in [3.05, 3.63) is 0 Å². The maximum atomic E-state index is 11.5. The Morgan fingerprint density at radius 2 is 1.67 bits per heavy atom. The first-order valence-electron chi connectivity index (χ1n) is 4.64. The molecule has 0 saturated carbocycles. The molecule has 0 unspecified atom stereocenters. The van der Waals surface area contributed by atoms with Crippen LogP contribution in [0.4, 0.5) is 0 Å². The summed E-state index contributed by atoms with van der Waals surface area (Å²) in [7, 11) is 4.32. The number of carbonyl (C=O) groups is 1. The Hall–Kier alpha value is -1.12. The Morgan fingerprint density at radius 3 is 1.93 bits per heavy atom.